The Hall–Kier alpha value is -1.86. The van der Waals surface area contributed by atoms with Gasteiger partial charge in [0, 0.05) is 9.37 Å². The molecule has 0 fully saturated rings. The fourth-order valence-corrected chi connectivity index (χ4v) is 2.72. The van der Waals surface area contributed by atoms with Gasteiger partial charge in [-0.15, -0.1) is 11.8 Å². The second-order valence-electron chi connectivity index (χ2n) is 4.73. The molecule has 0 atom stereocenters. The highest BCUT2D eigenvalue weighted by Gasteiger charge is 2.12. The van der Waals surface area contributed by atoms with Gasteiger partial charge in [0.05, 0.1) is 11.3 Å². The minimum Gasteiger partial charge on any atom is -0.272 e. The van der Waals surface area contributed by atoms with Gasteiger partial charge in [0.25, 0.3) is 5.91 Å². The molecule has 2 N–H and O–H groups in total. The van der Waals surface area contributed by atoms with E-state index >= 15 is 0 Å². The van der Waals surface area contributed by atoms with Crippen LogP contribution in [0.3, 0.4) is 0 Å². The Morgan fingerprint density at radius 1 is 1.13 bits per heavy atom. The minimum atomic E-state index is -0.705. The Kier molecular flexibility index (Phi) is 6.18. The fraction of sp³-hybridized carbons (Fsp3) is 0.125. The van der Waals surface area contributed by atoms with Crippen molar-refractivity contribution in [2.45, 2.75) is 11.8 Å². The summed E-state index contributed by atoms with van der Waals surface area (Å²) in [5.74, 6) is -1.60. The molecule has 0 radical (unpaired) electrons. The van der Waals surface area contributed by atoms with Crippen LogP contribution in [0.25, 0.3) is 0 Å². The lowest BCUT2D eigenvalue weighted by Crippen LogP contribution is -2.42. The van der Waals surface area contributed by atoms with E-state index in [1.54, 1.807) is 6.07 Å². The van der Waals surface area contributed by atoms with E-state index in [0.29, 0.717) is 4.47 Å². The molecule has 0 aliphatic carbocycles. The van der Waals surface area contributed by atoms with E-state index in [1.165, 1.54) is 23.9 Å². The highest BCUT2D eigenvalue weighted by Crippen LogP contribution is 2.18. The van der Waals surface area contributed by atoms with Crippen LogP contribution < -0.4 is 10.9 Å². The van der Waals surface area contributed by atoms with Crippen molar-refractivity contribution in [1.29, 1.82) is 0 Å². The molecule has 0 aliphatic rings. The van der Waals surface area contributed by atoms with E-state index < -0.39 is 11.7 Å². The van der Waals surface area contributed by atoms with Crippen molar-refractivity contribution < 1.29 is 14.0 Å². The van der Waals surface area contributed by atoms with Crippen LogP contribution in [-0.2, 0) is 4.79 Å². The lowest BCUT2D eigenvalue weighted by atomic mass is 10.2. The zero-order valence-corrected chi connectivity index (χ0v) is 14.6. The largest absolute Gasteiger partial charge is 0.272 e. The molecular weight excluding hydrogens is 383 g/mol. The Bertz CT molecular complexity index is 723. The molecule has 0 saturated heterocycles. The summed E-state index contributed by atoms with van der Waals surface area (Å²) >= 11 is 4.46. The summed E-state index contributed by atoms with van der Waals surface area (Å²) in [4.78, 5) is 24.5. The first-order valence-electron chi connectivity index (χ1n) is 6.69. The maximum Gasteiger partial charge on any atom is 0.272 e. The number of hydrogen-bond acceptors (Lipinski definition) is 3. The first kappa shape index (κ1) is 17.5. The number of nitrogens with one attached hydrogen (secondary N) is 2. The Morgan fingerprint density at radius 3 is 2.48 bits per heavy atom. The standard InChI is InChI=1S/C16H14BrFN2O2S/c1-10-2-5-12(6-3-10)23-9-15(21)19-20-16(22)13-7-4-11(17)8-14(13)18/h2-8H,9H2,1H3,(H,19,21)(H,20,22). The molecule has 0 aromatic heterocycles. The predicted molar refractivity (Wildman–Crippen MR) is 91.6 cm³/mol. The molecule has 2 rings (SSSR count). The molecule has 0 bridgehead atoms. The smallest absolute Gasteiger partial charge is 0.272 e. The highest BCUT2D eigenvalue weighted by molar-refractivity contribution is 9.10. The Balaban J connectivity index is 1.81. The molecule has 7 heteroatoms. The number of carbonyl (C=O) groups excluding carboxylic acids is 2. The summed E-state index contributed by atoms with van der Waals surface area (Å²) in [5, 5.41) is 0. The summed E-state index contributed by atoms with van der Waals surface area (Å²) in [6.45, 7) is 1.98. The second kappa shape index (κ2) is 8.12. The lowest BCUT2D eigenvalue weighted by molar-refractivity contribution is -0.119. The lowest BCUT2D eigenvalue weighted by Gasteiger charge is -2.08. The molecule has 4 nitrogen and oxygen atoms in total. The maximum absolute atomic E-state index is 13.6. The number of hydrazine groups is 1. The molecule has 0 heterocycles. The summed E-state index contributed by atoms with van der Waals surface area (Å²) < 4.78 is 14.2. The number of amides is 2. The third kappa shape index (κ3) is 5.37. The van der Waals surface area contributed by atoms with Gasteiger partial charge in [-0.25, -0.2) is 4.39 Å². The van der Waals surface area contributed by atoms with Crippen molar-refractivity contribution in [3.8, 4) is 0 Å². The predicted octanol–water partition coefficient (Wildman–Crippen LogP) is 3.45. The van der Waals surface area contributed by atoms with Crippen LogP contribution in [0, 0.1) is 12.7 Å². The van der Waals surface area contributed by atoms with Gasteiger partial charge in [0.1, 0.15) is 5.82 Å². The van der Waals surface area contributed by atoms with Gasteiger partial charge < -0.3 is 0 Å². The zero-order chi connectivity index (χ0) is 16.8. The number of halogens is 2. The third-order valence-corrected chi connectivity index (χ3v) is 4.39. The van der Waals surface area contributed by atoms with Crippen LogP contribution >= 0.6 is 27.7 Å². The molecule has 120 valence electrons. The number of carbonyl (C=O) groups is 2. The third-order valence-electron chi connectivity index (χ3n) is 2.88. The summed E-state index contributed by atoms with van der Waals surface area (Å²) in [7, 11) is 0. The van der Waals surface area contributed by atoms with Crippen LogP contribution in [0.5, 0.6) is 0 Å². The van der Waals surface area contributed by atoms with Crippen LogP contribution in [0.2, 0.25) is 0 Å². The van der Waals surface area contributed by atoms with E-state index in [4.69, 9.17) is 0 Å². The van der Waals surface area contributed by atoms with Crippen LogP contribution in [0.1, 0.15) is 15.9 Å². The second-order valence-corrected chi connectivity index (χ2v) is 6.69. The minimum absolute atomic E-state index is 0.139. The van der Waals surface area contributed by atoms with Gasteiger partial charge >= 0.3 is 0 Å². The Morgan fingerprint density at radius 2 is 1.83 bits per heavy atom. The van der Waals surface area contributed by atoms with Gasteiger partial charge in [-0.05, 0) is 37.3 Å². The van der Waals surface area contributed by atoms with Crippen molar-refractivity contribution in [3.63, 3.8) is 0 Å². The molecular formula is C16H14BrFN2O2S. The van der Waals surface area contributed by atoms with Crippen molar-refractivity contribution in [1.82, 2.24) is 10.9 Å². The summed E-state index contributed by atoms with van der Waals surface area (Å²) in [6, 6.07) is 11.8. The van der Waals surface area contributed by atoms with Crippen LogP contribution in [0.4, 0.5) is 4.39 Å². The fourth-order valence-electron chi connectivity index (χ4n) is 1.69. The SMILES string of the molecule is Cc1ccc(SCC(=O)NNC(=O)c2ccc(Br)cc2F)cc1. The molecule has 0 unspecified atom stereocenters. The number of benzene rings is 2. The van der Waals surface area contributed by atoms with E-state index in [9.17, 15) is 14.0 Å². The van der Waals surface area contributed by atoms with Gasteiger partial charge in [0.15, 0.2) is 0 Å². The molecule has 0 spiro atoms. The van der Waals surface area contributed by atoms with E-state index in [2.05, 4.69) is 26.8 Å². The molecule has 2 aromatic rings. The van der Waals surface area contributed by atoms with E-state index in [0.717, 1.165) is 10.5 Å². The quantitative estimate of drug-likeness (QED) is 0.614. The van der Waals surface area contributed by atoms with Crippen molar-refractivity contribution in [2.24, 2.45) is 0 Å². The Labute approximate surface area is 145 Å². The van der Waals surface area contributed by atoms with E-state index in [1.807, 2.05) is 31.2 Å². The van der Waals surface area contributed by atoms with Crippen LogP contribution in [0.15, 0.2) is 51.8 Å². The summed E-state index contributed by atoms with van der Waals surface area (Å²) in [5.41, 5.74) is 5.47. The maximum atomic E-state index is 13.6. The normalized spacial score (nSPS) is 10.2. The molecule has 0 saturated carbocycles. The first-order chi connectivity index (χ1) is 11.0. The topological polar surface area (TPSA) is 58.2 Å². The number of hydrogen-bond donors (Lipinski definition) is 2. The van der Waals surface area contributed by atoms with Gasteiger partial charge in [0.2, 0.25) is 5.91 Å². The first-order valence-corrected chi connectivity index (χ1v) is 8.47. The van der Waals surface area contributed by atoms with Crippen molar-refractivity contribution >= 4 is 39.5 Å². The van der Waals surface area contributed by atoms with E-state index in [-0.39, 0.29) is 17.2 Å². The van der Waals surface area contributed by atoms with Crippen LogP contribution in [-0.4, -0.2) is 17.6 Å². The number of thioether (sulfide) groups is 1. The number of aryl methyl sites for hydroxylation is 1. The number of rotatable bonds is 4. The molecule has 23 heavy (non-hydrogen) atoms. The monoisotopic (exact) mass is 396 g/mol. The van der Waals surface area contributed by atoms with Crippen molar-refractivity contribution in [3.05, 3.63) is 63.9 Å². The average Bonchev–Trinajstić information content (AvgIpc) is 2.52. The molecule has 0 aliphatic heterocycles. The van der Waals surface area contributed by atoms with Gasteiger partial charge in [-0.1, -0.05) is 33.6 Å². The summed E-state index contributed by atoms with van der Waals surface area (Å²) in [6.07, 6.45) is 0. The van der Waals surface area contributed by atoms with Gasteiger partial charge in [-0.3, -0.25) is 20.4 Å². The average molecular weight is 397 g/mol. The van der Waals surface area contributed by atoms with Gasteiger partial charge in [-0.2, -0.15) is 0 Å². The zero-order valence-electron chi connectivity index (χ0n) is 12.2. The molecule has 2 amide bonds. The highest BCUT2D eigenvalue weighted by atomic mass is 79.9. The molecule has 2 aromatic carbocycles. The van der Waals surface area contributed by atoms with Crippen molar-refractivity contribution in [2.75, 3.05) is 5.75 Å².